The van der Waals surface area contributed by atoms with Crippen molar-refractivity contribution in [3.8, 4) is 5.88 Å². The molecule has 9 heteroatoms. The Labute approximate surface area is 85.0 Å². The highest BCUT2D eigenvalue weighted by molar-refractivity contribution is 6.99. The molecule has 0 aliphatic carbocycles. The van der Waals surface area contributed by atoms with E-state index in [0.29, 0.717) is 11.7 Å². The van der Waals surface area contributed by atoms with E-state index in [1.807, 2.05) is 0 Å². The maximum Gasteiger partial charge on any atom is 0.340 e. The van der Waals surface area contributed by atoms with Crippen LogP contribution in [0.3, 0.4) is 0 Å². The topological polar surface area (TPSA) is 35.0 Å². The third-order valence-electron chi connectivity index (χ3n) is 1.14. The number of rotatable bonds is 4. The van der Waals surface area contributed by atoms with Crippen LogP contribution in [0, 0.1) is 0 Å². The molecular weight excluding hydrogens is 248 g/mol. The molecule has 0 saturated heterocycles. The summed E-state index contributed by atoms with van der Waals surface area (Å²) in [4.78, 5) is 0. The Morgan fingerprint density at radius 3 is 2.50 bits per heavy atom. The molecule has 1 aromatic heterocycles. The van der Waals surface area contributed by atoms with Gasteiger partial charge in [-0.25, -0.2) is 8.78 Å². The van der Waals surface area contributed by atoms with Gasteiger partial charge in [-0.2, -0.15) is 13.2 Å². The lowest BCUT2D eigenvalue weighted by atomic mass is 10.4. The first kappa shape index (κ1) is 11.4. The Bertz CT molecular complexity index is 308. The molecule has 0 unspecified atom stereocenters. The predicted octanol–water partition coefficient (Wildman–Crippen LogP) is 2.47. The van der Waals surface area contributed by atoms with Gasteiger partial charge in [0.1, 0.15) is 0 Å². The van der Waals surface area contributed by atoms with Crippen LogP contribution in [0.1, 0.15) is 0 Å². The molecular formula is C5H3ClF4N2OS. The molecule has 0 amide bonds. The maximum atomic E-state index is 12.3. The van der Waals surface area contributed by atoms with Crippen LogP contribution in [0.2, 0.25) is 5.15 Å². The fourth-order valence-corrected chi connectivity index (χ4v) is 1.13. The summed E-state index contributed by atoms with van der Waals surface area (Å²) in [5.41, 5.74) is 0. The monoisotopic (exact) mass is 250 g/mol. The predicted molar refractivity (Wildman–Crippen MR) is 41.4 cm³/mol. The molecule has 3 nitrogen and oxygen atoms in total. The van der Waals surface area contributed by atoms with Gasteiger partial charge in [-0.15, -0.1) is 4.37 Å². The lowest BCUT2D eigenvalue weighted by Gasteiger charge is -2.14. The summed E-state index contributed by atoms with van der Waals surface area (Å²) in [6.07, 6.45) is -3.78. The van der Waals surface area contributed by atoms with Gasteiger partial charge < -0.3 is 4.74 Å². The number of hydrogen-bond acceptors (Lipinski definition) is 4. The summed E-state index contributed by atoms with van der Waals surface area (Å²) in [5.74, 6) is -4.58. The van der Waals surface area contributed by atoms with E-state index in [2.05, 4.69) is 13.5 Å². The van der Waals surface area contributed by atoms with Gasteiger partial charge in [-0.05, 0) is 0 Å². The van der Waals surface area contributed by atoms with Crippen molar-refractivity contribution >= 4 is 23.3 Å². The lowest BCUT2D eigenvalue weighted by Crippen LogP contribution is -2.33. The molecule has 14 heavy (non-hydrogen) atoms. The van der Waals surface area contributed by atoms with E-state index in [0.717, 1.165) is 0 Å². The molecule has 0 aromatic carbocycles. The van der Waals surface area contributed by atoms with Gasteiger partial charge in [0.2, 0.25) is 5.15 Å². The average Bonchev–Trinajstić information content (AvgIpc) is 2.47. The Balaban J connectivity index is 2.53. The average molecular weight is 251 g/mol. The van der Waals surface area contributed by atoms with E-state index in [-0.39, 0.29) is 11.0 Å². The van der Waals surface area contributed by atoms with Crippen molar-refractivity contribution in [2.24, 2.45) is 0 Å². The molecule has 0 saturated carbocycles. The Hall–Kier alpha value is -0.630. The van der Waals surface area contributed by atoms with Crippen LogP contribution in [0.4, 0.5) is 17.6 Å². The second-order valence-electron chi connectivity index (χ2n) is 2.21. The first-order valence-electron chi connectivity index (χ1n) is 3.20. The number of hydrogen-bond donors (Lipinski definition) is 0. The van der Waals surface area contributed by atoms with Crippen molar-refractivity contribution in [3.63, 3.8) is 0 Å². The largest absolute Gasteiger partial charge is 0.468 e. The quantitative estimate of drug-likeness (QED) is 0.770. The summed E-state index contributed by atoms with van der Waals surface area (Å²) >= 11 is 5.96. The fraction of sp³-hybridized carbons (Fsp3) is 0.600. The number of nitrogens with zero attached hydrogens (tertiary/aromatic N) is 2. The third kappa shape index (κ3) is 2.68. The van der Waals surface area contributed by atoms with Crippen LogP contribution in [-0.4, -0.2) is 27.7 Å². The minimum Gasteiger partial charge on any atom is -0.468 e. The van der Waals surface area contributed by atoms with Gasteiger partial charge in [-0.1, -0.05) is 11.6 Å². The van der Waals surface area contributed by atoms with Gasteiger partial charge in [0.05, 0.1) is 11.7 Å². The zero-order valence-electron chi connectivity index (χ0n) is 6.39. The van der Waals surface area contributed by atoms with Crippen molar-refractivity contribution in [1.29, 1.82) is 0 Å². The first-order valence-corrected chi connectivity index (χ1v) is 4.31. The van der Waals surface area contributed by atoms with Crippen molar-refractivity contribution in [2.45, 2.75) is 12.3 Å². The van der Waals surface area contributed by atoms with Crippen LogP contribution in [0.15, 0.2) is 0 Å². The lowest BCUT2D eigenvalue weighted by molar-refractivity contribution is -0.148. The highest BCUT2D eigenvalue weighted by Gasteiger charge is 2.42. The van der Waals surface area contributed by atoms with E-state index in [4.69, 9.17) is 11.6 Å². The summed E-state index contributed by atoms with van der Waals surface area (Å²) in [6, 6.07) is 0. The summed E-state index contributed by atoms with van der Waals surface area (Å²) in [5, 5.41) is -0.222. The zero-order chi connectivity index (χ0) is 10.8. The van der Waals surface area contributed by atoms with Crippen LogP contribution in [0.25, 0.3) is 0 Å². The van der Waals surface area contributed by atoms with Gasteiger partial charge >= 0.3 is 12.3 Å². The molecule has 0 bridgehead atoms. The van der Waals surface area contributed by atoms with Gasteiger partial charge in [0.15, 0.2) is 6.61 Å². The van der Waals surface area contributed by atoms with Gasteiger partial charge in [0.25, 0.3) is 5.88 Å². The van der Waals surface area contributed by atoms with E-state index in [1.54, 1.807) is 0 Å². The zero-order valence-corrected chi connectivity index (χ0v) is 7.96. The third-order valence-corrected chi connectivity index (χ3v) is 2.00. The van der Waals surface area contributed by atoms with Crippen LogP contribution in [0.5, 0.6) is 5.88 Å². The molecule has 1 heterocycles. The Morgan fingerprint density at radius 1 is 1.43 bits per heavy atom. The van der Waals surface area contributed by atoms with Crippen molar-refractivity contribution < 1.29 is 22.3 Å². The van der Waals surface area contributed by atoms with E-state index >= 15 is 0 Å². The summed E-state index contributed by atoms with van der Waals surface area (Å²) in [6.45, 7) is -1.48. The van der Waals surface area contributed by atoms with Gasteiger partial charge in [0, 0.05) is 0 Å². The van der Waals surface area contributed by atoms with Crippen LogP contribution < -0.4 is 4.74 Å². The van der Waals surface area contributed by atoms with Crippen molar-refractivity contribution in [2.75, 3.05) is 6.61 Å². The molecule has 0 radical (unpaired) electrons. The number of aromatic nitrogens is 2. The first-order chi connectivity index (χ1) is 6.43. The summed E-state index contributed by atoms with van der Waals surface area (Å²) in [7, 11) is 0. The minimum absolute atomic E-state index is 0.222. The molecule has 0 aliphatic heterocycles. The SMILES string of the molecule is FC(F)C(F)(F)COc1nsnc1Cl. The van der Waals surface area contributed by atoms with E-state index < -0.39 is 19.0 Å². The van der Waals surface area contributed by atoms with Crippen molar-refractivity contribution in [3.05, 3.63) is 5.15 Å². The Kier molecular flexibility index (Phi) is 3.48. The molecule has 0 aliphatic rings. The minimum atomic E-state index is -4.22. The van der Waals surface area contributed by atoms with E-state index in [9.17, 15) is 17.6 Å². The second kappa shape index (κ2) is 4.26. The highest BCUT2D eigenvalue weighted by atomic mass is 35.5. The molecule has 1 aromatic rings. The molecule has 0 N–H and O–H groups in total. The molecule has 1 rings (SSSR count). The standard InChI is InChI=1S/C5H3ClF4N2OS/c6-2-3(12-14-11-2)13-1-5(9,10)4(7)8/h4H,1H2. The number of halogens is 5. The molecule has 0 spiro atoms. The normalized spacial score (nSPS) is 12.1. The van der Waals surface area contributed by atoms with E-state index in [1.165, 1.54) is 0 Å². The number of ether oxygens (including phenoxy) is 1. The number of alkyl halides is 4. The maximum absolute atomic E-state index is 12.3. The highest BCUT2D eigenvalue weighted by Crippen LogP contribution is 2.26. The second-order valence-corrected chi connectivity index (χ2v) is 3.10. The Morgan fingerprint density at radius 2 is 2.07 bits per heavy atom. The molecule has 80 valence electrons. The fourth-order valence-electron chi connectivity index (χ4n) is 0.484. The van der Waals surface area contributed by atoms with Crippen LogP contribution >= 0.6 is 23.3 Å². The van der Waals surface area contributed by atoms with Crippen molar-refractivity contribution in [1.82, 2.24) is 8.75 Å². The summed E-state index contributed by atoms with van der Waals surface area (Å²) < 4.78 is 59.0. The molecule has 0 atom stereocenters. The van der Waals surface area contributed by atoms with Gasteiger partial charge in [-0.3, -0.25) is 0 Å². The molecule has 0 fully saturated rings. The smallest absolute Gasteiger partial charge is 0.340 e. The van der Waals surface area contributed by atoms with Crippen LogP contribution in [-0.2, 0) is 0 Å².